The Hall–Kier alpha value is -2.34. The van der Waals surface area contributed by atoms with Gasteiger partial charge in [0.2, 0.25) is 0 Å². The summed E-state index contributed by atoms with van der Waals surface area (Å²) < 4.78 is 2.04. The maximum atomic E-state index is 12.9. The number of nitrogens with zero attached hydrogens (tertiary/aromatic N) is 2. The highest BCUT2D eigenvalue weighted by Crippen LogP contribution is 2.33. The maximum Gasteiger partial charge on any atom is 0.279 e. The Balaban J connectivity index is 1.51. The molecule has 0 spiro atoms. The highest BCUT2D eigenvalue weighted by molar-refractivity contribution is 9.11. The number of thiophene rings is 3. The van der Waals surface area contributed by atoms with E-state index in [0.717, 1.165) is 14.2 Å². The fourth-order valence-corrected chi connectivity index (χ4v) is 5.51. The van der Waals surface area contributed by atoms with Crippen molar-refractivity contribution >= 4 is 72.0 Å². The molecule has 0 unspecified atom stereocenters. The molecule has 2 amide bonds. The molecule has 4 aromatic rings. The number of carbonyl (C=O) groups excluding carboxylic acids is 2. The summed E-state index contributed by atoms with van der Waals surface area (Å²) in [5.74, 6) is -0.956. The molecule has 2 N–H and O–H groups in total. The molecule has 11 heteroatoms. The summed E-state index contributed by atoms with van der Waals surface area (Å²) >= 11 is 7.45. The molecule has 0 aromatic carbocycles. The lowest BCUT2D eigenvalue weighted by Gasteiger charge is -2.08. The first-order valence-corrected chi connectivity index (χ1v) is 11.2. The summed E-state index contributed by atoms with van der Waals surface area (Å²) in [5.41, 5.74) is 5.18. The van der Waals surface area contributed by atoms with Gasteiger partial charge in [-0.1, -0.05) is 6.07 Å². The number of hydrogen-bond donors (Lipinski definition) is 2. The topological polar surface area (TPSA) is 93.1 Å². The smallest absolute Gasteiger partial charge is 0.279 e. The van der Waals surface area contributed by atoms with Crippen LogP contribution < -0.4 is 16.4 Å². The second kappa shape index (κ2) is 7.95. The van der Waals surface area contributed by atoms with E-state index in [1.54, 1.807) is 12.1 Å². The second-order valence-corrected chi connectivity index (χ2v) is 9.86. The van der Waals surface area contributed by atoms with Crippen molar-refractivity contribution in [2.24, 2.45) is 0 Å². The number of carbonyl (C=O) groups is 2. The van der Waals surface area contributed by atoms with Crippen molar-refractivity contribution < 1.29 is 9.59 Å². The second-order valence-electron chi connectivity index (χ2n) is 5.59. The summed E-state index contributed by atoms with van der Waals surface area (Å²) in [6, 6.07) is 7.24. The van der Waals surface area contributed by atoms with Crippen molar-refractivity contribution in [3.63, 3.8) is 0 Å². The molecule has 0 aliphatic heterocycles. The molecule has 0 saturated heterocycles. The number of aromatic nitrogens is 2. The van der Waals surface area contributed by atoms with Crippen LogP contribution in [0.1, 0.15) is 9.67 Å². The third-order valence-electron chi connectivity index (χ3n) is 3.77. The standard InChI is InChI=1S/C17H11BrN4O3S3/c18-12-4-3-11(28-12)15(24)21-20-13(23)6-22-8-19-16-14(17(22)25)9(7-27-16)10-2-1-5-26-10/h1-5,7-8H,6H2,(H,20,23)(H,21,24). The van der Waals surface area contributed by atoms with E-state index < -0.39 is 11.8 Å². The Morgan fingerprint density at radius 1 is 1.18 bits per heavy atom. The lowest BCUT2D eigenvalue weighted by atomic mass is 10.2. The van der Waals surface area contributed by atoms with Crippen LogP contribution in [-0.4, -0.2) is 21.4 Å². The molecule has 4 rings (SSSR count). The monoisotopic (exact) mass is 494 g/mol. The van der Waals surface area contributed by atoms with Gasteiger partial charge in [-0.25, -0.2) is 4.98 Å². The Labute approximate surface area is 178 Å². The van der Waals surface area contributed by atoms with Crippen LogP contribution in [0.3, 0.4) is 0 Å². The van der Waals surface area contributed by atoms with E-state index in [0.29, 0.717) is 15.1 Å². The average Bonchev–Trinajstić information content (AvgIpc) is 3.41. The lowest BCUT2D eigenvalue weighted by molar-refractivity contribution is -0.122. The average molecular weight is 495 g/mol. The Morgan fingerprint density at radius 3 is 2.75 bits per heavy atom. The van der Waals surface area contributed by atoms with Crippen LogP contribution in [0.4, 0.5) is 0 Å². The van der Waals surface area contributed by atoms with Gasteiger partial charge in [0.1, 0.15) is 11.4 Å². The Bertz CT molecular complexity index is 1230. The molecule has 0 bridgehead atoms. The van der Waals surface area contributed by atoms with Gasteiger partial charge in [0.05, 0.1) is 20.4 Å². The van der Waals surface area contributed by atoms with Crippen LogP contribution in [0.5, 0.6) is 0 Å². The third-order valence-corrected chi connectivity index (χ3v) is 7.19. The van der Waals surface area contributed by atoms with Crippen LogP contribution in [0.25, 0.3) is 20.7 Å². The minimum Gasteiger partial charge on any atom is -0.289 e. The molecule has 0 radical (unpaired) electrons. The molecule has 4 heterocycles. The van der Waals surface area contributed by atoms with E-state index >= 15 is 0 Å². The summed E-state index contributed by atoms with van der Waals surface area (Å²) in [7, 11) is 0. The van der Waals surface area contributed by atoms with Crippen molar-refractivity contribution in [1.29, 1.82) is 0 Å². The van der Waals surface area contributed by atoms with Crippen LogP contribution in [0.2, 0.25) is 0 Å². The quantitative estimate of drug-likeness (QED) is 0.424. The van der Waals surface area contributed by atoms with E-state index in [4.69, 9.17) is 0 Å². The minimum absolute atomic E-state index is 0.254. The van der Waals surface area contributed by atoms with Crippen molar-refractivity contribution in [3.8, 4) is 10.4 Å². The SMILES string of the molecule is O=C(Cn1cnc2scc(-c3cccs3)c2c1=O)NNC(=O)c1ccc(Br)s1. The minimum atomic E-state index is -0.528. The molecule has 7 nitrogen and oxygen atoms in total. The molecule has 0 aliphatic rings. The molecule has 0 saturated carbocycles. The first-order valence-electron chi connectivity index (χ1n) is 7.88. The van der Waals surface area contributed by atoms with Crippen molar-refractivity contribution in [1.82, 2.24) is 20.4 Å². The summed E-state index contributed by atoms with van der Waals surface area (Å²) in [4.78, 5) is 43.4. The Kier molecular flexibility index (Phi) is 5.40. The van der Waals surface area contributed by atoms with Gasteiger partial charge >= 0.3 is 0 Å². The molecule has 142 valence electrons. The zero-order valence-electron chi connectivity index (χ0n) is 14.0. The van der Waals surface area contributed by atoms with Gasteiger partial charge in [-0.2, -0.15) is 0 Å². The van der Waals surface area contributed by atoms with Gasteiger partial charge in [-0.15, -0.1) is 34.0 Å². The predicted octanol–water partition coefficient (Wildman–Crippen LogP) is 3.47. The van der Waals surface area contributed by atoms with Gasteiger partial charge in [0.15, 0.2) is 0 Å². The summed E-state index contributed by atoms with van der Waals surface area (Å²) in [5, 5.41) is 4.33. The van der Waals surface area contributed by atoms with Gasteiger partial charge < -0.3 is 0 Å². The predicted molar refractivity (Wildman–Crippen MR) is 115 cm³/mol. The molecular formula is C17H11BrN4O3S3. The fraction of sp³-hybridized carbons (Fsp3) is 0.0588. The number of nitrogens with one attached hydrogen (secondary N) is 2. The van der Waals surface area contributed by atoms with Crippen molar-refractivity contribution in [2.45, 2.75) is 6.54 Å². The first-order chi connectivity index (χ1) is 13.5. The van der Waals surface area contributed by atoms with Crippen molar-refractivity contribution in [2.75, 3.05) is 0 Å². The van der Waals surface area contributed by atoms with Crippen LogP contribution in [-0.2, 0) is 11.3 Å². The number of amides is 2. The lowest BCUT2D eigenvalue weighted by Crippen LogP contribution is -2.44. The number of rotatable bonds is 4. The third kappa shape index (κ3) is 3.78. The molecule has 0 atom stereocenters. The van der Waals surface area contributed by atoms with E-state index in [9.17, 15) is 14.4 Å². The highest BCUT2D eigenvalue weighted by atomic mass is 79.9. The van der Waals surface area contributed by atoms with Crippen molar-refractivity contribution in [3.05, 3.63) is 60.4 Å². The molecule has 4 aromatic heterocycles. The van der Waals surface area contributed by atoms with Gasteiger partial charge in [0.25, 0.3) is 17.4 Å². The highest BCUT2D eigenvalue weighted by Gasteiger charge is 2.16. The Morgan fingerprint density at radius 2 is 2.04 bits per heavy atom. The van der Waals surface area contributed by atoms with Gasteiger partial charge in [0, 0.05) is 15.8 Å². The van der Waals surface area contributed by atoms with Crippen LogP contribution >= 0.6 is 49.9 Å². The summed E-state index contributed by atoms with van der Waals surface area (Å²) in [6.45, 7) is -0.254. The molecular weight excluding hydrogens is 484 g/mol. The number of halogens is 1. The molecule has 0 aliphatic carbocycles. The zero-order chi connectivity index (χ0) is 19.7. The zero-order valence-corrected chi connectivity index (χ0v) is 18.0. The number of fused-ring (bicyclic) bond motifs is 1. The van der Waals surface area contributed by atoms with E-state index in [1.165, 1.54) is 44.9 Å². The van der Waals surface area contributed by atoms with E-state index in [2.05, 4.69) is 31.8 Å². The van der Waals surface area contributed by atoms with Crippen LogP contribution in [0, 0.1) is 0 Å². The van der Waals surface area contributed by atoms with E-state index in [1.807, 2.05) is 22.9 Å². The number of hydrazine groups is 1. The summed E-state index contributed by atoms with van der Waals surface area (Å²) in [6.07, 6.45) is 1.34. The van der Waals surface area contributed by atoms with Crippen LogP contribution in [0.15, 0.2) is 49.9 Å². The maximum absolute atomic E-state index is 12.9. The normalized spacial score (nSPS) is 10.9. The molecule has 28 heavy (non-hydrogen) atoms. The van der Waals surface area contributed by atoms with Gasteiger partial charge in [-0.3, -0.25) is 29.8 Å². The van der Waals surface area contributed by atoms with E-state index in [-0.39, 0.29) is 12.1 Å². The fourth-order valence-electron chi connectivity index (χ4n) is 2.51. The van der Waals surface area contributed by atoms with Gasteiger partial charge in [-0.05, 0) is 39.5 Å². The first kappa shape index (κ1) is 19.0. The largest absolute Gasteiger partial charge is 0.289 e. The number of hydrogen-bond acceptors (Lipinski definition) is 7. The molecule has 0 fully saturated rings.